The monoisotopic (exact) mass is 589 g/mol. The average molecular weight is 591 g/mol. The molecule has 2 heterocycles. The zero-order chi connectivity index (χ0) is 28.5. The fraction of sp³-hybridized carbons (Fsp3) is 0.226. The lowest BCUT2D eigenvalue weighted by Crippen LogP contribution is -2.58. The van der Waals surface area contributed by atoms with Crippen molar-refractivity contribution in [1.29, 1.82) is 10.5 Å². The molecule has 1 spiro atoms. The third kappa shape index (κ3) is 4.25. The highest BCUT2D eigenvalue weighted by atomic mass is 35.6. The number of hydrogen-bond donors (Lipinski definition) is 1. The van der Waals surface area contributed by atoms with E-state index in [0.29, 0.717) is 17.0 Å². The van der Waals surface area contributed by atoms with Crippen molar-refractivity contribution in [2.45, 2.75) is 34.6 Å². The average Bonchev–Trinajstić information content (AvgIpc) is 3.25. The van der Waals surface area contributed by atoms with E-state index in [2.05, 4.69) is 17.5 Å². The quantitative estimate of drug-likeness (QED) is 0.322. The number of ether oxygens (including phenoxy) is 1. The summed E-state index contributed by atoms with van der Waals surface area (Å²) in [6, 6.07) is 30.2. The van der Waals surface area contributed by atoms with Gasteiger partial charge in [0, 0.05) is 18.0 Å². The fourth-order valence-electron chi connectivity index (χ4n) is 6.22. The fourth-order valence-corrected chi connectivity index (χ4v) is 6.22. The normalized spacial score (nSPS) is 24.1. The second kappa shape index (κ2) is 11.0. The zero-order valence-electron chi connectivity index (χ0n) is 21.0. The van der Waals surface area contributed by atoms with E-state index in [4.69, 9.17) is 39.5 Å². The Labute approximate surface area is 246 Å². The lowest BCUT2D eigenvalue weighted by Gasteiger charge is -2.49. The smallest absolute Gasteiger partial charge is 0.242 e. The molecule has 0 saturated heterocycles. The summed E-state index contributed by atoms with van der Waals surface area (Å²) in [7, 11) is 0. The van der Waals surface area contributed by atoms with Crippen LogP contribution in [0.5, 0.6) is 0 Å². The number of nitriles is 2. The third-order valence-electron chi connectivity index (χ3n) is 7.74. The molecule has 200 valence electrons. The minimum atomic E-state index is -1.87. The lowest BCUT2D eigenvalue weighted by atomic mass is 9.47. The number of anilines is 1. The van der Waals surface area contributed by atoms with E-state index >= 15 is 0 Å². The van der Waals surface area contributed by atoms with Gasteiger partial charge >= 0.3 is 0 Å². The lowest BCUT2D eigenvalue weighted by molar-refractivity contribution is -0.129. The molecule has 6 nitrogen and oxygen atoms in total. The predicted octanol–water partition coefficient (Wildman–Crippen LogP) is 7.07. The molecule has 1 amide bonds. The van der Waals surface area contributed by atoms with Gasteiger partial charge in [-0.3, -0.25) is 9.59 Å². The van der Waals surface area contributed by atoms with E-state index in [1.54, 1.807) is 24.3 Å². The highest BCUT2D eigenvalue weighted by Crippen LogP contribution is 2.65. The third-order valence-corrected chi connectivity index (χ3v) is 7.74. The number of para-hydroxylation sites is 1. The molecule has 0 radical (unpaired) electrons. The van der Waals surface area contributed by atoms with Crippen molar-refractivity contribution in [3.05, 3.63) is 113 Å². The number of amides is 1. The van der Waals surface area contributed by atoms with Crippen molar-refractivity contribution in [2.24, 2.45) is 5.41 Å². The van der Waals surface area contributed by atoms with Gasteiger partial charge in [-0.05, 0) is 22.8 Å². The molecule has 6 rings (SSSR count). The number of fused-ring (bicyclic) bond motifs is 3. The van der Waals surface area contributed by atoms with E-state index in [1.165, 1.54) is 0 Å². The number of allylic oxidation sites excluding steroid dienone is 1. The summed E-state index contributed by atoms with van der Waals surface area (Å²) in [6.07, 6.45) is -0.335. The molecule has 0 bridgehead atoms. The maximum Gasteiger partial charge on any atom is 0.242 e. The molecule has 0 saturated carbocycles. The number of ketones is 1. The molecule has 0 aromatic heterocycles. The van der Waals surface area contributed by atoms with Crippen LogP contribution < -0.4 is 5.32 Å². The standard InChI is InChI=1S/C30H21N3O3.CHCl3/c31-17-29(18-32)22(19-9-3-1-4-10-19)15-26-27(24(34)16-25(36-26)20-11-5-2-6-12-20)30(29)21-13-7-8-14-23(21)33-28(30)35;2-1(3)4/h1-14,22,25H,15-16H2,(H,33,35);1H/t22-,25+,30-;/m1./s1. The molecule has 2 aliphatic heterocycles. The van der Waals surface area contributed by atoms with Crippen LogP contribution in [0.25, 0.3) is 0 Å². The first-order valence-corrected chi connectivity index (χ1v) is 13.8. The number of benzene rings is 3. The summed E-state index contributed by atoms with van der Waals surface area (Å²) in [5.41, 5.74) is -1.01. The van der Waals surface area contributed by atoms with E-state index in [9.17, 15) is 20.1 Å². The predicted molar refractivity (Wildman–Crippen MR) is 152 cm³/mol. The van der Waals surface area contributed by atoms with Crippen LogP contribution in [0, 0.1) is 28.1 Å². The summed E-state index contributed by atoms with van der Waals surface area (Å²) in [4.78, 5) is 28.0. The van der Waals surface area contributed by atoms with Gasteiger partial charge in [-0.1, -0.05) is 114 Å². The Morgan fingerprint density at radius 2 is 1.38 bits per heavy atom. The van der Waals surface area contributed by atoms with Gasteiger partial charge in [0.25, 0.3) is 0 Å². The molecule has 0 unspecified atom stereocenters. The van der Waals surface area contributed by atoms with Crippen LogP contribution in [0.2, 0.25) is 0 Å². The second-order valence-electron chi connectivity index (χ2n) is 9.64. The van der Waals surface area contributed by atoms with Crippen LogP contribution in [0.15, 0.2) is 96.3 Å². The van der Waals surface area contributed by atoms with Gasteiger partial charge in [0.15, 0.2) is 15.5 Å². The summed E-state index contributed by atoms with van der Waals surface area (Å²) in [6.45, 7) is 0. The molecule has 1 N–H and O–H groups in total. The minimum absolute atomic E-state index is 0.0168. The van der Waals surface area contributed by atoms with Gasteiger partial charge in [-0.2, -0.15) is 10.5 Å². The molecule has 0 fully saturated rings. The first-order chi connectivity index (χ1) is 19.3. The molecule has 1 aliphatic carbocycles. The summed E-state index contributed by atoms with van der Waals surface area (Å²) < 4.78 is 5.74. The number of nitrogens with zero attached hydrogens (tertiary/aromatic N) is 2. The topological polar surface area (TPSA) is 103 Å². The van der Waals surface area contributed by atoms with Crippen molar-refractivity contribution < 1.29 is 14.3 Å². The minimum Gasteiger partial charge on any atom is -0.489 e. The Morgan fingerprint density at radius 3 is 1.98 bits per heavy atom. The number of rotatable bonds is 2. The van der Waals surface area contributed by atoms with E-state index in [-0.39, 0.29) is 24.2 Å². The molecule has 40 heavy (non-hydrogen) atoms. The maximum absolute atomic E-state index is 14.0. The molecular formula is C31H22Cl3N3O3. The van der Waals surface area contributed by atoms with Crippen LogP contribution >= 0.6 is 34.8 Å². The Balaban J connectivity index is 0.000000758. The Morgan fingerprint density at radius 1 is 0.825 bits per heavy atom. The van der Waals surface area contributed by atoms with Crippen molar-refractivity contribution in [2.75, 3.05) is 5.32 Å². The van der Waals surface area contributed by atoms with E-state index in [0.717, 1.165) is 11.1 Å². The Bertz CT molecular complexity index is 1560. The van der Waals surface area contributed by atoms with Crippen LogP contribution in [0.4, 0.5) is 5.69 Å². The molecule has 3 aromatic rings. The first kappa shape index (κ1) is 27.7. The van der Waals surface area contributed by atoms with Gasteiger partial charge < -0.3 is 10.1 Å². The van der Waals surface area contributed by atoms with E-state index < -0.39 is 33.1 Å². The van der Waals surface area contributed by atoms with Gasteiger partial charge in [0.2, 0.25) is 5.91 Å². The number of Topliss-reactive ketones (excluding diaryl/α,β-unsaturated/α-hetero) is 1. The van der Waals surface area contributed by atoms with Gasteiger partial charge in [0.05, 0.1) is 24.1 Å². The number of hydrogen-bond acceptors (Lipinski definition) is 5. The number of carbonyl (C=O) groups excluding carboxylic acids is 2. The second-order valence-corrected chi connectivity index (χ2v) is 11.6. The van der Waals surface area contributed by atoms with Crippen molar-refractivity contribution in [3.63, 3.8) is 0 Å². The SMILES string of the molecule is ClC(Cl)Cl.N#CC1(C#N)[C@@H](c2ccccc2)CC2=C(C(=O)C[C@@H](c3ccccc3)O2)[C@]12C(=O)Nc1ccccc12. The molecular weight excluding hydrogens is 569 g/mol. The Kier molecular flexibility index (Phi) is 7.62. The number of nitrogens with one attached hydrogen (secondary N) is 1. The van der Waals surface area contributed by atoms with Crippen LogP contribution in [-0.2, 0) is 19.7 Å². The van der Waals surface area contributed by atoms with Gasteiger partial charge in [-0.25, -0.2) is 0 Å². The zero-order valence-corrected chi connectivity index (χ0v) is 23.3. The van der Waals surface area contributed by atoms with Crippen LogP contribution in [0.1, 0.15) is 41.6 Å². The van der Waals surface area contributed by atoms with Gasteiger partial charge in [0.1, 0.15) is 17.3 Å². The first-order valence-electron chi connectivity index (χ1n) is 12.5. The number of halogens is 3. The number of carbonyl (C=O) groups is 2. The summed E-state index contributed by atoms with van der Waals surface area (Å²) in [5, 5.41) is 24.3. The molecule has 3 aliphatic rings. The van der Waals surface area contributed by atoms with Gasteiger partial charge in [-0.15, -0.1) is 0 Å². The molecule has 9 heteroatoms. The maximum atomic E-state index is 14.0. The van der Waals surface area contributed by atoms with Crippen molar-refractivity contribution in [3.8, 4) is 12.1 Å². The highest BCUT2D eigenvalue weighted by Gasteiger charge is 2.72. The largest absolute Gasteiger partial charge is 0.489 e. The molecule has 3 atom stereocenters. The van der Waals surface area contributed by atoms with Crippen LogP contribution in [0.3, 0.4) is 0 Å². The Hall–Kier alpha value is -3.81. The summed E-state index contributed by atoms with van der Waals surface area (Å²) in [5.74, 6) is -1.15. The van der Waals surface area contributed by atoms with E-state index in [1.807, 2.05) is 60.7 Å². The van der Waals surface area contributed by atoms with Crippen molar-refractivity contribution >= 4 is 52.2 Å². The van der Waals surface area contributed by atoms with Crippen molar-refractivity contribution in [1.82, 2.24) is 0 Å². The summed E-state index contributed by atoms with van der Waals surface area (Å²) >= 11 is 14.4. The highest BCUT2D eigenvalue weighted by molar-refractivity contribution is 6.63. The van der Waals surface area contributed by atoms with Crippen LogP contribution in [-0.4, -0.2) is 16.0 Å². The number of alkyl halides is 3. The molecule has 3 aromatic carbocycles.